The van der Waals surface area contributed by atoms with Gasteiger partial charge in [-0.05, 0) is 93.0 Å². The van der Waals surface area contributed by atoms with E-state index in [0.717, 1.165) is 57.6 Å². The Hall–Kier alpha value is -6.49. The molecule has 3 unspecified atom stereocenters. The third-order valence-corrected chi connectivity index (χ3v) is 13.3. The highest BCUT2D eigenvalue weighted by Gasteiger charge is 2.36. The summed E-state index contributed by atoms with van der Waals surface area (Å²) in [5, 5.41) is 2.71. The van der Waals surface area contributed by atoms with E-state index in [-0.39, 0.29) is 5.92 Å². The fourth-order valence-corrected chi connectivity index (χ4v) is 10.5. The van der Waals surface area contributed by atoms with Crippen LogP contribution in [0, 0.1) is 11.8 Å². The van der Waals surface area contributed by atoms with Crippen molar-refractivity contribution >= 4 is 42.7 Å². The van der Waals surface area contributed by atoms with Gasteiger partial charge in [-0.1, -0.05) is 166 Å². The Kier molecular flexibility index (Phi) is 8.48. The Morgan fingerprint density at radius 3 is 2.05 bits per heavy atom. The summed E-state index contributed by atoms with van der Waals surface area (Å²) >= 11 is 1.90. The molecular formula is C54H41N3S. The second-order valence-electron chi connectivity index (χ2n) is 16.0. The van der Waals surface area contributed by atoms with Gasteiger partial charge in [0.15, 0.2) is 17.5 Å². The maximum Gasteiger partial charge on any atom is 0.164 e. The molecule has 0 saturated carbocycles. The van der Waals surface area contributed by atoms with E-state index in [1.54, 1.807) is 0 Å². The van der Waals surface area contributed by atoms with Crippen molar-refractivity contribution < 1.29 is 0 Å². The standard InChI is InChI=1S/C54H41N3S/c1-33-22-25-42-43-28-29-47-50(51(43)49(45(42)30-33)36-17-8-4-9-18-36)44-27-24-39(32-48(44)58-47)41-26-23-38(35-15-6-3-7-16-35)31-46(41)54-56-52(37-19-10-5-11-20-37)55-53(57-54)40-21-13-12-14-34(40)2/h3-13,15-21,23-34,49H,14,22H2,1-2H3. The second-order valence-corrected chi connectivity index (χ2v) is 17.1. The molecule has 0 aliphatic heterocycles. The molecule has 0 N–H and O–H groups in total. The molecule has 4 heteroatoms. The molecule has 6 aromatic carbocycles. The van der Waals surface area contributed by atoms with Crippen LogP contribution in [0.1, 0.15) is 55.1 Å². The average Bonchev–Trinajstić information content (AvgIpc) is 3.82. The van der Waals surface area contributed by atoms with Crippen molar-refractivity contribution in [2.75, 3.05) is 0 Å². The van der Waals surface area contributed by atoms with Crippen LogP contribution < -0.4 is 0 Å². The summed E-state index contributed by atoms with van der Waals surface area (Å²) in [7, 11) is 0. The van der Waals surface area contributed by atoms with Crippen molar-refractivity contribution in [1.29, 1.82) is 0 Å². The maximum absolute atomic E-state index is 5.31. The highest BCUT2D eigenvalue weighted by atomic mass is 32.1. The number of nitrogens with zero attached hydrogens (tertiary/aromatic N) is 3. The average molecular weight is 764 g/mol. The van der Waals surface area contributed by atoms with Gasteiger partial charge < -0.3 is 0 Å². The molecule has 3 aliphatic carbocycles. The first-order valence-corrected chi connectivity index (χ1v) is 21.2. The normalized spacial score (nSPS) is 18.4. The lowest BCUT2D eigenvalue weighted by molar-refractivity contribution is 0.726. The molecule has 0 fully saturated rings. The lowest BCUT2D eigenvalue weighted by atomic mass is 9.83. The van der Waals surface area contributed by atoms with Crippen LogP contribution in [0.4, 0.5) is 0 Å². The van der Waals surface area contributed by atoms with Crippen LogP contribution in [0.15, 0.2) is 175 Å². The molecule has 3 nitrogen and oxygen atoms in total. The summed E-state index contributed by atoms with van der Waals surface area (Å²) in [5.41, 5.74) is 14.7. The molecule has 2 aromatic heterocycles. The summed E-state index contributed by atoms with van der Waals surface area (Å²) in [4.78, 5) is 15.7. The molecule has 278 valence electrons. The highest BCUT2D eigenvalue weighted by molar-refractivity contribution is 7.25. The molecule has 11 rings (SSSR count). The lowest BCUT2D eigenvalue weighted by Crippen LogP contribution is -2.08. The SMILES string of the molecule is CC1C=C2C(=CC1)c1ccc3sc4cc(-c5ccc(-c6ccccc6)cc5-c5nc(C6=CC=CCC6C)nc(-c6ccccc6)n5)ccc4c3c1C2c1ccccc1. The van der Waals surface area contributed by atoms with Crippen molar-refractivity contribution in [2.24, 2.45) is 11.8 Å². The fraction of sp³-hybridized carbons (Fsp3) is 0.130. The molecule has 3 atom stereocenters. The Morgan fingerprint density at radius 1 is 0.552 bits per heavy atom. The maximum atomic E-state index is 5.31. The number of hydrogen-bond donors (Lipinski definition) is 0. The first-order chi connectivity index (χ1) is 28.6. The van der Waals surface area contributed by atoms with E-state index in [1.807, 2.05) is 29.5 Å². The summed E-state index contributed by atoms with van der Waals surface area (Å²) in [6, 6.07) is 50.6. The van der Waals surface area contributed by atoms with Crippen LogP contribution >= 0.6 is 11.3 Å². The van der Waals surface area contributed by atoms with Gasteiger partial charge in [0, 0.05) is 42.8 Å². The zero-order chi connectivity index (χ0) is 38.7. The van der Waals surface area contributed by atoms with Crippen LogP contribution in [0.2, 0.25) is 0 Å². The van der Waals surface area contributed by atoms with Crippen LogP contribution in [0.25, 0.3) is 76.3 Å². The summed E-state index contributed by atoms with van der Waals surface area (Å²) in [6.45, 7) is 4.59. The predicted octanol–water partition coefficient (Wildman–Crippen LogP) is 14.4. The van der Waals surface area contributed by atoms with Gasteiger partial charge in [-0.25, -0.2) is 15.0 Å². The number of aromatic nitrogens is 3. The van der Waals surface area contributed by atoms with Gasteiger partial charge in [0.1, 0.15) is 0 Å². The first-order valence-electron chi connectivity index (χ1n) is 20.4. The Balaban J connectivity index is 1.12. The Bertz CT molecular complexity index is 3020. The largest absolute Gasteiger partial charge is 0.209 e. The number of allylic oxidation sites excluding steroid dienone is 8. The molecule has 0 saturated heterocycles. The molecular weight excluding hydrogens is 723 g/mol. The van der Waals surface area contributed by atoms with Gasteiger partial charge in [-0.3, -0.25) is 0 Å². The third-order valence-electron chi connectivity index (χ3n) is 12.2. The minimum atomic E-state index is 0.220. The van der Waals surface area contributed by atoms with Crippen LogP contribution in [0.5, 0.6) is 0 Å². The Morgan fingerprint density at radius 2 is 1.26 bits per heavy atom. The van der Waals surface area contributed by atoms with E-state index in [1.165, 1.54) is 48.0 Å². The van der Waals surface area contributed by atoms with E-state index in [0.29, 0.717) is 23.5 Å². The zero-order valence-electron chi connectivity index (χ0n) is 32.6. The van der Waals surface area contributed by atoms with Gasteiger partial charge in [0.25, 0.3) is 0 Å². The molecule has 0 amide bonds. The zero-order valence-corrected chi connectivity index (χ0v) is 33.4. The molecule has 3 aliphatic rings. The second kappa shape index (κ2) is 14.2. The van der Waals surface area contributed by atoms with Crippen molar-refractivity contribution in [3.05, 3.63) is 198 Å². The molecule has 0 radical (unpaired) electrons. The van der Waals surface area contributed by atoms with Crippen LogP contribution in [-0.4, -0.2) is 15.0 Å². The summed E-state index contributed by atoms with van der Waals surface area (Å²) in [5.74, 6) is 3.15. The van der Waals surface area contributed by atoms with Gasteiger partial charge in [-0.15, -0.1) is 11.3 Å². The van der Waals surface area contributed by atoms with Gasteiger partial charge in [-0.2, -0.15) is 0 Å². The van der Waals surface area contributed by atoms with Crippen LogP contribution in [0.3, 0.4) is 0 Å². The minimum absolute atomic E-state index is 0.220. The number of benzene rings is 6. The van der Waals surface area contributed by atoms with E-state index in [2.05, 4.69) is 166 Å². The van der Waals surface area contributed by atoms with E-state index in [4.69, 9.17) is 15.0 Å². The Labute approximate surface area is 343 Å². The van der Waals surface area contributed by atoms with Crippen molar-refractivity contribution in [3.8, 4) is 45.0 Å². The van der Waals surface area contributed by atoms with E-state index < -0.39 is 0 Å². The predicted molar refractivity (Wildman–Crippen MR) is 243 cm³/mol. The van der Waals surface area contributed by atoms with Gasteiger partial charge >= 0.3 is 0 Å². The quantitative estimate of drug-likeness (QED) is 0.169. The van der Waals surface area contributed by atoms with Crippen molar-refractivity contribution in [3.63, 3.8) is 0 Å². The smallest absolute Gasteiger partial charge is 0.164 e. The molecule has 2 heterocycles. The number of thiophene rings is 1. The lowest BCUT2D eigenvalue weighted by Gasteiger charge is -2.20. The molecule has 0 bridgehead atoms. The number of hydrogen-bond acceptors (Lipinski definition) is 4. The first kappa shape index (κ1) is 34.7. The van der Waals surface area contributed by atoms with Crippen LogP contribution in [-0.2, 0) is 0 Å². The van der Waals surface area contributed by atoms with Crippen molar-refractivity contribution in [1.82, 2.24) is 15.0 Å². The molecule has 8 aromatic rings. The third kappa shape index (κ3) is 5.90. The fourth-order valence-electron chi connectivity index (χ4n) is 9.32. The molecule has 0 spiro atoms. The number of fused-ring (bicyclic) bond motifs is 7. The van der Waals surface area contributed by atoms with E-state index in [9.17, 15) is 0 Å². The highest BCUT2D eigenvalue weighted by Crippen LogP contribution is 2.55. The topological polar surface area (TPSA) is 38.7 Å². The van der Waals surface area contributed by atoms with E-state index >= 15 is 0 Å². The molecule has 58 heavy (non-hydrogen) atoms. The van der Waals surface area contributed by atoms with Crippen molar-refractivity contribution in [2.45, 2.75) is 32.6 Å². The number of rotatable bonds is 6. The monoisotopic (exact) mass is 763 g/mol. The minimum Gasteiger partial charge on any atom is -0.209 e. The van der Waals surface area contributed by atoms with Gasteiger partial charge in [0.05, 0.1) is 0 Å². The van der Waals surface area contributed by atoms with Gasteiger partial charge in [0.2, 0.25) is 0 Å². The summed E-state index contributed by atoms with van der Waals surface area (Å²) < 4.78 is 2.61. The summed E-state index contributed by atoms with van der Waals surface area (Å²) in [6.07, 6.45) is 13.6.